The van der Waals surface area contributed by atoms with Gasteiger partial charge in [-0.25, -0.2) is 0 Å². The molecule has 1 N–H and O–H groups in total. The molecule has 2 rings (SSSR count). The Labute approximate surface area is 127 Å². The van der Waals surface area contributed by atoms with E-state index in [4.69, 9.17) is 9.47 Å². The molecule has 1 aliphatic rings. The Kier molecular flexibility index (Phi) is 4.91. The van der Waals surface area contributed by atoms with Crippen molar-refractivity contribution in [2.24, 2.45) is 5.92 Å². The molecule has 1 aliphatic carbocycles. The molecule has 1 atom stereocenters. The van der Waals surface area contributed by atoms with Gasteiger partial charge < -0.3 is 14.6 Å². The summed E-state index contributed by atoms with van der Waals surface area (Å²) in [5.74, 6) is 0.940. The maximum absolute atomic E-state index is 11.2. The first-order chi connectivity index (χ1) is 9.58. The Bertz CT molecular complexity index is 497. The summed E-state index contributed by atoms with van der Waals surface area (Å²) in [6.07, 6.45) is 2.27. The van der Waals surface area contributed by atoms with Crippen LogP contribution in [0.5, 0.6) is 11.5 Å². The molecule has 1 saturated carbocycles. The number of ether oxygens (including phenoxy) is 2. The zero-order valence-electron chi connectivity index (χ0n) is 11.7. The van der Waals surface area contributed by atoms with E-state index in [2.05, 4.69) is 15.9 Å². The summed E-state index contributed by atoms with van der Waals surface area (Å²) in [4.78, 5) is 11.2. The van der Waals surface area contributed by atoms with E-state index in [-0.39, 0.29) is 12.3 Å². The zero-order valence-corrected chi connectivity index (χ0v) is 13.3. The molecule has 20 heavy (non-hydrogen) atoms. The van der Waals surface area contributed by atoms with E-state index in [9.17, 15) is 9.90 Å². The molecule has 0 aliphatic heterocycles. The fraction of sp³-hybridized carbons (Fsp3) is 0.533. The first-order valence-corrected chi connectivity index (χ1v) is 7.58. The third-order valence-corrected chi connectivity index (χ3v) is 4.26. The number of hydrogen-bond acceptors (Lipinski definition) is 3. The first-order valence-electron chi connectivity index (χ1n) is 6.79. The molecule has 1 aromatic rings. The lowest BCUT2D eigenvalue weighted by Gasteiger charge is -2.22. The van der Waals surface area contributed by atoms with Crippen LogP contribution in [0.2, 0.25) is 0 Å². The average molecular weight is 343 g/mol. The summed E-state index contributed by atoms with van der Waals surface area (Å²) >= 11 is 3.54. The molecule has 1 fully saturated rings. The van der Waals surface area contributed by atoms with Gasteiger partial charge in [-0.05, 0) is 37.8 Å². The molecule has 110 valence electrons. The number of rotatable bonds is 7. The number of halogens is 1. The van der Waals surface area contributed by atoms with E-state index in [1.807, 2.05) is 19.1 Å². The van der Waals surface area contributed by atoms with Crippen molar-refractivity contribution in [3.05, 3.63) is 22.2 Å². The molecule has 0 spiro atoms. The summed E-state index contributed by atoms with van der Waals surface area (Å²) < 4.78 is 12.0. The van der Waals surface area contributed by atoms with E-state index in [0.717, 1.165) is 22.9 Å². The van der Waals surface area contributed by atoms with Crippen molar-refractivity contribution in [2.45, 2.75) is 32.1 Å². The van der Waals surface area contributed by atoms with Crippen LogP contribution in [0.3, 0.4) is 0 Å². The number of aliphatic carboxylic acids is 1. The summed E-state index contributed by atoms with van der Waals surface area (Å²) in [7, 11) is 1.60. The molecule has 0 radical (unpaired) electrons. The topological polar surface area (TPSA) is 55.8 Å². The Balaban J connectivity index is 2.47. The normalized spacial score (nSPS) is 15.8. The van der Waals surface area contributed by atoms with Crippen molar-refractivity contribution in [1.29, 1.82) is 0 Å². The number of carbonyl (C=O) groups is 1. The van der Waals surface area contributed by atoms with E-state index >= 15 is 0 Å². The zero-order chi connectivity index (χ0) is 14.7. The van der Waals surface area contributed by atoms with E-state index in [1.165, 1.54) is 0 Å². The highest BCUT2D eigenvalue weighted by molar-refractivity contribution is 9.10. The molecular formula is C15H19BrO4. The molecule has 4 nitrogen and oxygen atoms in total. The predicted octanol–water partition coefficient (Wildman–Crippen LogP) is 3.82. The molecular weight excluding hydrogens is 324 g/mol. The third kappa shape index (κ3) is 3.26. The molecule has 5 heteroatoms. The SMILES string of the molecule is CCOc1c(OC)ccc(Br)c1C(CC(=O)O)C1CC1. The van der Waals surface area contributed by atoms with Crippen LogP contribution in [0.4, 0.5) is 0 Å². The summed E-state index contributed by atoms with van der Waals surface area (Å²) in [6.45, 7) is 2.43. The predicted molar refractivity (Wildman–Crippen MR) is 79.6 cm³/mol. The maximum atomic E-state index is 11.2. The van der Waals surface area contributed by atoms with Crippen LogP contribution in [0, 0.1) is 5.92 Å². The average Bonchev–Trinajstić information content (AvgIpc) is 3.21. The smallest absolute Gasteiger partial charge is 0.303 e. The summed E-state index contributed by atoms with van der Waals surface area (Å²) in [6, 6.07) is 3.73. The van der Waals surface area contributed by atoms with Crippen LogP contribution in [0.25, 0.3) is 0 Å². The van der Waals surface area contributed by atoms with Crippen LogP contribution in [-0.2, 0) is 4.79 Å². The van der Waals surface area contributed by atoms with Gasteiger partial charge >= 0.3 is 5.97 Å². The second kappa shape index (κ2) is 6.48. The monoisotopic (exact) mass is 342 g/mol. The van der Waals surface area contributed by atoms with Gasteiger partial charge in [0.25, 0.3) is 0 Å². The van der Waals surface area contributed by atoms with Gasteiger partial charge in [0, 0.05) is 16.0 Å². The van der Waals surface area contributed by atoms with Gasteiger partial charge in [-0.15, -0.1) is 0 Å². The number of carboxylic acids is 1. The Hall–Kier alpha value is -1.23. The van der Waals surface area contributed by atoms with Gasteiger partial charge in [-0.1, -0.05) is 15.9 Å². The molecule has 1 unspecified atom stereocenters. The quantitative estimate of drug-likeness (QED) is 0.818. The lowest BCUT2D eigenvalue weighted by molar-refractivity contribution is -0.137. The van der Waals surface area contributed by atoms with Crippen molar-refractivity contribution in [2.75, 3.05) is 13.7 Å². The maximum Gasteiger partial charge on any atom is 0.303 e. The number of methoxy groups -OCH3 is 1. The van der Waals surface area contributed by atoms with E-state index < -0.39 is 5.97 Å². The van der Waals surface area contributed by atoms with Crippen molar-refractivity contribution < 1.29 is 19.4 Å². The van der Waals surface area contributed by atoms with Gasteiger partial charge in [-0.3, -0.25) is 4.79 Å². The summed E-state index contributed by atoms with van der Waals surface area (Å²) in [5.41, 5.74) is 0.927. The third-order valence-electron chi connectivity index (χ3n) is 3.57. The molecule has 0 aromatic heterocycles. The van der Waals surface area contributed by atoms with Crippen molar-refractivity contribution in [3.63, 3.8) is 0 Å². The minimum absolute atomic E-state index is 0.0291. The highest BCUT2D eigenvalue weighted by atomic mass is 79.9. The fourth-order valence-corrected chi connectivity index (χ4v) is 3.15. The van der Waals surface area contributed by atoms with Gasteiger partial charge in [0.2, 0.25) is 0 Å². The lowest BCUT2D eigenvalue weighted by atomic mass is 9.90. The van der Waals surface area contributed by atoms with Crippen LogP contribution in [0.1, 0.15) is 37.7 Å². The second-order valence-corrected chi connectivity index (χ2v) is 5.82. The van der Waals surface area contributed by atoms with Crippen molar-refractivity contribution >= 4 is 21.9 Å². The van der Waals surface area contributed by atoms with Crippen molar-refractivity contribution in [1.82, 2.24) is 0 Å². The Morgan fingerprint density at radius 2 is 2.20 bits per heavy atom. The highest BCUT2D eigenvalue weighted by Gasteiger charge is 2.37. The van der Waals surface area contributed by atoms with E-state index in [1.54, 1.807) is 7.11 Å². The van der Waals surface area contributed by atoms with Gasteiger partial charge in [0.05, 0.1) is 20.1 Å². The molecule has 0 heterocycles. The minimum Gasteiger partial charge on any atom is -0.493 e. The minimum atomic E-state index is -0.779. The number of hydrogen-bond donors (Lipinski definition) is 1. The number of benzene rings is 1. The highest BCUT2D eigenvalue weighted by Crippen LogP contribution is 2.51. The molecule has 0 bridgehead atoms. The second-order valence-electron chi connectivity index (χ2n) is 4.97. The van der Waals surface area contributed by atoms with Gasteiger partial charge in [0.1, 0.15) is 0 Å². The lowest BCUT2D eigenvalue weighted by Crippen LogP contribution is -2.12. The Morgan fingerprint density at radius 3 is 2.70 bits per heavy atom. The largest absolute Gasteiger partial charge is 0.493 e. The molecule has 1 aromatic carbocycles. The fourth-order valence-electron chi connectivity index (χ4n) is 2.55. The molecule has 0 saturated heterocycles. The van der Waals surface area contributed by atoms with Gasteiger partial charge in [0.15, 0.2) is 11.5 Å². The standard InChI is InChI=1S/C15H19BrO4/c1-3-20-15-12(19-2)7-6-11(16)14(15)10(8-13(17)18)9-4-5-9/h6-7,9-10H,3-5,8H2,1-2H3,(H,17,18). The Morgan fingerprint density at radius 1 is 1.50 bits per heavy atom. The van der Waals surface area contributed by atoms with Crippen LogP contribution in [0.15, 0.2) is 16.6 Å². The van der Waals surface area contributed by atoms with Crippen LogP contribution in [-0.4, -0.2) is 24.8 Å². The van der Waals surface area contributed by atoms with Gasteiger partial charge in [-0.2, -0.15) is 0 Å². The van der Waals surface area contributed by atoms with E-state index in [0.29, 0.717) is 24.0 Å². The van der Waals surface area contributed by atoms with Crippen molar-refractivity contribution in [3.8, 4) is 11.5 Å². The van der Waals surface area contributed by atoms with Crippen LogP contribution >= 0.6 is 15.9 Å². The first kappa shape index (κ1) is 15.2. The van der Waals surface area contributed by atoms with Crippen LogP contribution < -0.4 is 9.47 Å². The number of carboxylic acid groups (broad SMARTS) is 1. The molecule has 0 amide bonds. The summed E-state index contributed by atoms with van der Waals surface area (Å²) in [5, 5.41) is 9.17.